The summed E-state index contributed by atoms with van der Waals surface area (Å²) in [5, 5.41) is 2.93. The average Bonchev–Trinajstić information content (AvgIpc) is 2.33. The van der Waals surface area contributed by atoms with Gasteiger partial charge in [0, 0.05) is 18.5 Å². The highest BCUT2D eigenvalue weighted by molar-refractivity contribution is 5.76. The molecule has 1 aliphatic carbocycles. The molecule has 3 heteroatoms. The predicted molar refractivity (Wildman–Crippen MR) is 68.5 cm³/mol. The fourth-order valence-corrected chi connectivity index (χ4v) is 2.07. The SMILES string of the molecule is NC1(CNC(=O)CCc2ccccc2)CCC1. The summed E-state index contributed by atoms with van der Waals surface area (Å²) in [6, 6.07) is 10.1. The van der Waals surface area contributed by atoms with Gasteiger partial charge in [-0.1, -0.05) is 30.3 Å². The molecule has 0 atom stereocenters. The molecule has 1 aromatic carbocycles. The van der Waals surface area contributed by atoms with E-state index < -0.39 is 0 Å². The molecule has 0 aromatic heterocycles. The average molecular weight is 232 g/mol. The lowest BCUT2D eigenvalue weighted by atomic mass is 9.78. The number of amides is 1. The second-order valence-electron chi connectivity index (χ2n) is 4.98. The Morgan fingerprint density at radius 3 is 2.59 bits per heavy atom. The van der Waals surface area contributed by atoms with Crippen LogP contribution in [0.15, 0.2) is 30.3 Å². The van der Waals surface area contributed by atoms with Crippen molar-refractivity contribution in [1.29, 1.82) is 0 Å². The molecule has 0 bridgehead atoms. The van der Waals surface area contributed by atoms with Gasteiger partial charge in [0.25, 0.3) is 0 Å². The number of nitrogens with one attached hydrogen (secondary N) is 1. The van der Waals surface area contributed by atoms with E-state index >= 15 is 0 Å². The fourth-order valence-electron chi connectivity index (χ4n) is 2.07. The van der Waals surface area contributed by atoms with Gasteiger partial charge in [-0.05, 0) is 31.2 Å². The Hall–Kier alpha value is -1.35. The molecule has 92 valence electrons. The summed E-state index contributed by atoms with van der Waals surface area (Å²) in [6.07, 6.45) is 4.60. The van der Waals surface area contributed by atoms with Crippen LogP contribution in [-0.4, -0.2) is 18.0 Å². The molecule has 0 aliphatic heterocycles. The third kappa shape index (κ3) is 3.56. The van der Waals surface area contributed by atoms with Crippen molar-refractivity contribution in [2.24, 2.45) is 5.73 Å². The first-order valence-electron chi connectivity index (χ1n) is 6.27. The zero-order valence-corrected chi connectivity index (χ0v) is 10.1. The minimum Gasteiger partial charge on any atom is -0.354 e. The molecule has 1 fully saturated rings. The third-order valence-electron chi connectivity index (χ3n) is 3.47. The van der Waals surface area contributed by atoms with Crippen molar-refractivity contribution in [2.45, 2.75) is 37.6 Å². The molecule has 2 rings (SSSR count). The summed E-state index contributed by atoms with van der Waals surface area (Å²) >= 11 is 0. The van der Waals surface area contributed by atoms with Gasteiger partial charge >= 0.3 is 0 Å². The van der Waals surface area contributed by atoms with Crippen molar-refractivity contribution in [3.05, 3.63) is 35.9 Å². The van der Waals surface area contributed by atoms with Crippen LogP contribution in [0.25, 0.3) is 0 Å². The van der Waals surface area contributed by atoms with E-state index in [0.29, 0.717) is 13.0 Å². The molecule has 0 saturated heterocycles. The van der Waals surface area contributed by atoms with Crippen LogP contribution in [-0.2, 0) is 11.2 Å². The largest absolute Gasteiger partial charge is 0.354 e. The van der Waals surface area contributed by atoms with Crippen LogP contribution in [0.2, 0.25) is 0 Å². The number of carbonyl (C=O) groups excluding carboxylic acids is 1. The van der Waals surface area contributed by atoms with Crippen molar-refractivity contribution in [2.75, 3.05) is 6.54 Å². The van der Waals surface area contributed by atoms with Crippen LogP contribution in [0.3, 0.4) is 0 Å². The Morgan fingerprint density at radius 2 is 2.00 bits per heavy atom. The number of carbonyl (C=O) groups is 1. The van der Waals surface area contributed by atoms with Crippen LogP contribution >= 0.6 is 0 Å². The highest BCUT2D eigenvalue weighted by Gasteiger charge is 2.32. The van der Waals surface area contributed by atoms with Crippen LogP contribution in [0.1, 0.15) is 31.2 Å². The van der Waals surface area contributed by atoms with Crippen molar-refractivity contribution in [3.63, 3.8) is 0 Å². The lowest BCUT2D eigenvalue weighted by molar-refractivity contribution is -0.121. The maximum Gasteiger partial charge on any atom is 0.220 e. The molecule has 1 saturated carbocycles. The lowest BCUT2D eigenvalue weighted by Gasteiger charge is -2.38. The van der Waals surface area contributed by atoms with Gasteiger partial charge < -0.3 is 11.1 Å². The summed E-state index contributed by atoms with van der Waals surface area (Å²) in [5.41, 5.74) is 7.12. The number of rotatable bonds is 5. The molecule has 0 heterocycles. The summed E-state index contributed by atoms with van der Waals surface area (Å²) in [6.45, 7) is 0.626. The Kier molecular flexibility index (Phi) is 3.79. The van der Waals surface area contributed by atoms with Crippen molar-refractivity contribution < 1.29 is 4.79 Å². The number of hydrogen-bond donors (Lipinski definition) is 2. The van der Waals surface area contributed by atoms with Crippen molar-refractivity contribution in [1.82, 2.24) is 5.32 Å². The molecular formula is C14H20N2O. The molecule has 0 unspecified atom stereocenters. The minimum atomic E-state index is -0.123. The van der Waals surface area contributed by atoms with Gasteiger partial charge in [0.05, 0.1) is 0 Å². The molecule has 3 nitrogen and oxygen atoms in total. The standard InChI is InChI=1S/C14H20N2O/c15-14(9-4-10-14)11-16-13(17)8-7-12-5-2-1-3-6-12/h1-3,5-6H,4,7-11,15H2,(H,16,17). The van der Waals surface area contributed by atoms with Crippen molar-refractivity contribution >= 4 is 5.91 Å². The van der Waals surface area contributed by atoms with E-state index in [9.17, 15) is 4.79 Å². The molecule has 1 amide bonds. The Labute approximate surface area is 102 Å². The van der Waals surface area contributed by atoms with Gasteiger partial charge in [-0.3, -0.25) is 4.79 Å². The summed E-state index contributed by atoms with van der Waals surface area (Å²) in [7, 11) is 0. The molecule has 1 aliphatic rings. The van der Waals surface area contributed by atoms with Gasteiger partial charge in [0.2, 0.25) is 5.91 Å². The molecule has 17 heavy (non-hydrogen) atoms. The topological polar surface area (TPSA) is 55.1 Å². The Bertz CT molecular complexity index is 371. The third-order valence-corrected chi connectivity index (χ3v) is 3.47. The fraction of sp³-hybridized carbons (Fsp3) is 0.500. The van der Waals surface area contributed by atoms with E-state index in [2.05, 4.69) is 5.32 Å². The van der Waals surface area contributed by atoms with E-state index in [1.807, 2.05) is 30.3 Å². The zero-order valence-electron chi connectivity index (χ0n) is 10.1. The van der Waals surface area contributed by atoms with E-state index in [-0.39, 0.29) is 11.4 Å². The molecular weight excluding hydrogens is 212 g/mol. The highest BCUT2D eigenvalue weighted by Crippen LogP contribution is 2.27. The Morgan fingerprint density at radius 1 is 1.29 bits per heavy atom. The van der Waals surface area contributed by atoms with Gasteiger partial charge in [0.15, 0.2) is 0 Å². The van der Waals surface area contributed by atoms with E-state index in [1.54, 1.807) is 0 Å². The normalized spacial score (nSPS) is 17.2. The summed E-state index contributed by atoms with van der Waals surface area (Å²) < 4.78 is 0. The maximum atomic E-state index is 11.6. The molecule has 3 N–H and O–H groups in total. The number of hydrogen-bond acceptors (Lipinski definition) is 2. The second kappa shape index (κ2) is 5.32. The van der Waals surface area contributed by atoms with E-state index in [0.717, 1.165) is 19.3 Å². The minimum absolute atomic E-state index is 0.102. The van der Waals surface area contributed by atoms with Gasteiger partial charge in [-0.2, -0.15) is 0 Å². The van der Waals surface area contributed by atoms with E-state index in [1.165, 1.54) is 12.0 Å². The first kappa shape index (κ1) is 12.1. The zero-order chi connectivity index (χ0) is 12.1. The monoisotopic (exact) mass is 232 g/mol. The van der Waals surface area contributed by atoms with Gasteiger partial charge in [0.1, 0.15) is 0 Å². The van der Waals surface area contributed by atoms with E-state index in [4.69, 9.17) is 5.73 Å². The van der Waals surface area contributed by atoms with Crippen LogP contribution in [0, 0.1) is 0 Å². The molecule has 0 radical (unpaired) electrons. The number of aryl methyl sites for hydroxylation is 1. The van der Waals surface area contributed by atoms with Crippen LogP contribution < -0.4 is 11.1 Å². The Balaban J connectivity index is 1.67. The summed E-state index contributed by atoms with van der Waals surface area (Å²) in [4.78, 5) is 11.6. The van der Waals surface area contributed by atoms with Gasteiger partial charge in [-0.25, -0.2) is 0 Å². The number of benzene rings is 1. The molecule has 0 spiro atoms. The predicted octanol–water partition coefficient (Wildman–Crippen LogP) is 1.62. The van der Waals surface area contributed by atoms with Crippen LogP contribution in [0.5, 0.6) is 0 Å². The highest BCUT2D eigenvalue weighted by atomic mass is 16.1. The maximum absolute atomic E-state index is 11.6. The first-order chi connectivity index (χ1) is 8.18. The quantitative estimate of drug-likeness (QED) is 0.810. The van der Waals surface area contributed by atoms with Gasteiger partial charge in [-0.15, -0.1) is 0 Å². The lowest BCUT2D eigenvalue weighted by Crippen LogP contribution is -2.54. The molecule has 1 aromatic rings. The summed E-state index contributed by atoms with van der Waals surface area (Å²) in [5.74, 6) is 0.102. The first-order valence-corrected chi connectivity index (χ1v) is 6.27. The van der Waals surface area contributed by atoms with Crippen LogP contribution in [0.4, 0.5) is 0 Å². The number of nitrogens with two attached hydrogens (primary N) is 1. The second-order valence-corrected chi connectivity index (χ2v) is 4.98. The smallest absolute Gasteiger partial charge is 0.220 e. The van der Waals surface area contributed by atoms with Crippen molar-refractivity contribution in [3.8, 4) is 0 Å².